The lowest BCUT2D eigenvalue weighted by Crippen LogP contribution is -2.38. The molecule has 1 N–H and O–H groups in total. The van der Waals surface area contributed by atoms with E-state index in [0.29, 0.717) is 6.04 Å². The van der Waals surface area contributed by atoms with Crippen molar-refractivity contribution in [3.05, 3.63) is 12.2 Å². The summed E-state index contributed by atoms with van der Waals surface area (Å²) in [4.78, 5) is 6.58. The summed E-state index contributed by atoms with van der Waals surface area (Å²) in [6.07, 6.45) is 6.86. The van der Waals surface area contributed by atoms with Crippen LogP contribution in [-0.2, 0) is 6.54 Å². The molecule has 1 aliphatic carbocycles. The predicted octanol–water partition coefficient (Wildman–Crippen LogP) is 1.03. The van der Waals surface area contributed by atoms with Gasteiger partial charge in [-0.05, 0) is 38.1 Å². The standard InChI is InChI=1S/C12H20N4O/c1-2-11(13-5-1)7-16(6-10-3-4-10)8-12-14-9-15-17-12/h9-11,13H,1-8H2. The van der Waals surface area contributed by atoms with Crippen molar-refractivity contribution in [2.45, 2.75) is 38.3 Å². The molecule has 0 radical (unpaired) electrons. The summed E-state index contributed by atoms with van der Waals surface area (Å²) >= 11 is 0. The lowest BCUT2D eigenvalue weighted by molar-refractivity contribution is 0.202. The molecule has 1 saturated heterocycles. The van der Waals surface area contributed by atoms with Crippen LogP contribution in [0.3, 0.4) is 0 Å². The zero-order valence-electron chi connectivity index (χ0n) is 10.1. The van der Waals surface area contributed by atoms with Crippen LogP contribution >= 0.6 is 0 Å². The van der Waals surface area contributed by atoms with Gasteiger partial charge in [-0.3, -0.25) is 4.90 Å². The van der Waals surface area contributed by atoms with Gasteiger partial charge in [0.25, 0.3) is 0 Å². The second kappa shape index (κ2) is 5.14. The zero-order chi connectivity index (χ0) is 11.5. The number of hydrogen-bond donors (Lipinski definition) is 1. The molecule has 0 aromatic carbocycles. The smallest absolute Gasteiger partial charge is 0.240 e. The second-order valence-electron chi connectivity index (χ2n) is 5.27. The summed E-state index contributed by atoms with van der Waals surface area (Å²) in [5.74, 6) is 1.64. The molecule has 2 heterocycles. The molecule has 1 aromatic heterocycles. The Bertz CT molecular complexity index is 330. The monoisotopic (exact) mass is 236 g/mol. The molecule has 1 aromatic rings. The third-order valence-corrected chi connectivity index (χ3v) is 3.62. The highest BCUT2D eigenvalue weighted by Gasteiger charge is 2.27. The van der Waals surface area contributed by atoms with E-state index in [-0.39, 0.29) is 0 Å². The van der Waals surface area contributed by atoms with Crippen molar-refractivity contribution < 1.29 is 4.52 Å². The number of nitrogens with one attached hydrogen (secondary N) is 1. The molecule has 94 valence electrons. The van der Waals surface area contributed by atoms with E-state index in [1.165, 1.54) is 45.1 Å². The van der Waals surface area contributed by atoms with E-state index in [4.69, 9.17) is 4.52 Å². The number of hydrogen-bond acceptors (Lipinski definition) is 5. The molecule has 5 heteroatoms. The van der Waals surface area contributed by atoms with Gasteiger partial charge in [-0.15, -0.1) is 0 Å². The van der Waals surface area contributed by atoms with Crippen LogP contribution in [0.25, 0.3) is 0 Å². The van der Waals surface area contributed by atoms with Gasteiger partial charge in [0, 0.05) is 19.1 Å². The number of nitrogens with zero attached hydrogens (tertiary/aromatic N) is 3. The highest BCUT2D eigenvalue weighted by Crippen LogP contribution is 2.30. The first-order valence-electron chi connectivity index (χ1n) is 6.61. The predicted molar refractivity (Wildman–Crippen MR) is 63.3 cm³/mol. The Morgan fingerprint density at radius 2 is 2.29 bits per heavy atom. The van der Waals surface area contributed by atoms with E-state index in [9.17, 15) is 0 Å². The number of aromatic nitrogens is 2. The molecule has 2 fully saturated rings. The fraction of sp³-hybridized carbons (Fsp3) is 0.833. The summed E-state index contributed by atoms with van der Waals surface area (Å²) in [5.41, 5.74) is 0. The second-order valence-corrected chi connectivity index (χ2v) is 5.27. The summed E-state index contributed by atoms with van der Waals surface area (Å²) in [5, 5.41) is 7.23. The van der Waals surface area contributed by atoms with Gasteiger partial charge in [-0.25, -0.2) is 0 Å². The van der Waals surface area contributed by atoms with Crippen LogP contribution in [0.2, 0.25) is 0 Å². The third-order valence-electron chi connectivity index (χ3n) is 3.62. The largest absolute Gasteiger partial charge is 0.338 e. The maximum absolute atomic E-state index is 5.11. The molecule has 0 bridgehead atoms. The first-order valence-corrected chi connectivity index (χ1v) is 6.61. The Balaban J connectivity index is 1.55. The van der Waals surface area contributed by atoms with Gasteiger partial charge < -0.3 is 9.84 Å². The van der Waals surface area contributed by atoms with Crippen LogP contribution in [0.15, 0.2) is 10.9 Å². The molecule has 0 spiro atoms. The molecule has 5 nitrogen and oxygen atoms in total. The Morgan fingerprint density at radius 1 is 1.35 bits per heavy atom. The average Bonchev–Trinajstić information content (AvgIpc) is 2.82. The molecule has 1 atom stereocenters. The van der Waals surface area contributed by atoms with Crippen molar-refractivity contribution in [2.24, 2.45) is 5.92 Å². The van der Waals surface area contributed by atoms with Crippen LogP contribution in [-0.4, -0.2) is 40.7 Å². The van der Waals surface area contributed by atoms with E-state index in [1.54, 1.807) is 0 Å². The fourth-order valence-electron chi connectivity index (χ4n) is 2.55. The number of rotatable bonds is 6. The molecule has 17 heavy (non-hydrogen) atoms. The minimum Gasteiger partial charge on any atom is -0.338 e. The normalized spacial score (nSPS) is 24.6. The van der Waals surface area contributed by atoms with Gasteiger partial charge in [0.15, 0.2) is 6.33 Å². The summed E-state index contributed by atoms with van der Waals surface area (Å²) < 4.78 is 5.11. The van der Waals surface area contributed by atoms with Crippen molar-refractivity contribution in [3.8, 4) is 0 Å². The Labute approximate surface area is 102 Å². The van der Waals surface area contributed by atoms with E-state index in [0.717, 1.165) is 24.9 Å². The van der Waals surface area contributed by atoms with Crippen molar-refractivity contribution >= 4 is 0 Å². The van der Waals surface area contributed by atoms with Gasteiger partial charge in [0.05, 0.1) is 6.54 Å². The minimum atomic E-state index is 0.650. The summed E-state index contributed by atoms with van der Waals surface area (Å²) in [6, 6.07) is 0.650. The van der Waals surface area contributed by atoms with Crippen LogP contribution in [0.1, 0.15) is 31.6 Å². The molecule has 1 saturated carbocycles. The Kier molecular flexibility index (Phi) is 3.38. The summed E-state index contributed by atoms with van der Waals surface area (Å²) in [7, 11) is 0. The van der Waals surface area contributed by atoms with Crippen LogP contribution < -0.4 is 5.32 Å². The minimum absolute atomic E-state index is 0.650. The van der Waals surface area contributed by atoms with E-state index in [1.807, 2.05) is 0 Å². The van der Waals surface area contributed by atoms with E-state index in [2.05, 4.69) is 20.4 Å². The molecule has 2 aliphatic rings. The molecular weight excluding hydrogens is 216 g/mol. The van der Waals surface area contributed by atoms with Crippen molar-refractivity contribution in [1.29, 1.82) is 0 Å². The van der Waals surface area contributed by atoms with Gasteiger partial charge >= 0.3 is 0 Å². The third kappa shape index (κ3) is 3.26. The van der Waals surface area contributed by atoms with E-state index >= 15 is 0 Å². The van der Waals surface area contributed by atoms with Crippen LogP contribution in [0, 0.1) is 5.92 Å². The van der Waals surface area contributed by atoms with Gasteiger partial charge in [-0.2, -0.15) is 4.98 Å². The lowest BCUT2D eigenvalue weighted by Gasteiger charge is -2.24. The van der Waals surface area contributed by atoms with Crippen molar-refractivity contribution in [1.82, 2.24) is 20.4 Å². The summed E-state index contributed by atoms with van der Waals surface area (Å²) in [6.45, 7) is 4.26. The molecule has 0 amide bonds. The molecule has 1 aliphatic heterocycles. The quantitative estimate of drug-likeness (QED) is 0.799. The van der Waals surface area contributed by atoms with Crippen LogP contribution in [0.5, 0.6) is 0 Å². The maximum atomic E-state index is 5.11. The van der Waals surface area contributed by atoms with Gasteiger partial charge in [-0.1, -0.05) is 5.16 Å². The first-order chi connectivity index (χ1) is 8.40. The highest BCUT2D eigenvalue weighted by molar-refractivity contribution is 4.85. The van der Waals surface area contributed by atoms with Crippen molar-refractivity contribution in [2.75, 3.05) is 19.6 Å². The van der Waals surface area contributed by atoms with Gasteiger partial charge in [0.2, 0.25) is 5.89 Å². The Hall–Kier alpha value is -0.940. The Morgan fingerprint density at radius 3 is 2.94 bits per heavy atom. The molecule has 3 rings (SSSR count). The highest BCUT2D eigenvalue weighted by atomic mass is 16.5. The topological polar surface area (TPSA) is 54.2 Å². The SMILES string of the molecule is c1noc(CN(CC2CC2)CC2CCCN2)n1. The maximum Gasteiger partial charge on any atom is 0.240 e. The fourth-order valence-corrected chi connectivity index (χ4v) is 2.55. The molecular formula is C12H20N4O. The van der Waals surface area contributed by atoms with Gasteiger partial charge in [0.1, 0.15) is 0 Å². The zero-order valence-corrected chi connectivity index (χ0v) is 10.1. The van der Waals surface area contributed by atoms with Crippen molar-refractivity contribution in [3.63, 3.8) is 0 Å². The first kappa shape index (κ1) is 11.2. The lowest BCUT2D eigenvalue weighted by atomic mass is 10.2. The van der Waals surface area contributed by atoms with E-state index < -0.39 is 0 Å². The molecule has 1 unspecified atom stereocenters. The average molecular weight is 236 g/mol. The van der Waals surface area contributed by atoms with Crippen LogP contribution in [0.4, 0.5) is 0 Å².